The molecule has 90 valence electrons. The van der Waals surface area contributed by atoms with E-state index in [4.69, 9.17) is 9.47 Å². The molecule has 1 atom stereocenters. The summed E-state index contributed by atoms with van der Waals surface area (Å²) in [7, 11) is 1.64. The molecular weight excluding hydrogens is 221 g/mol. The van der Waals surface area contributed by atoms with Gasteiger partial charge in [0.25, 0.3) is 0 Å². The van der Waals surface area contributed by atoms with Gasteiger partial charge in [-0.15, -0.1) is 0 Å². The lowest BCUT2D eigenvalue weighted by Crippen LogP contribution is -2.15. The standard InChI is InChI=1S/C13H14FNO2/c1-9(16-2)8-17-12-4-3-10-5-11(14)7-15-13(10)6-12/h3-7,9H,8H2,1-2H3/t9-/m1/s1. The van der Waals surface area contributed by atoms with Crippen LogP contribution in [0, 0.1) is 5.82 Å². The Hall–Kier alpha value is -1.68. The largest absolute Gasteiger partial charge is 0.491 e. The number of nitrogens with zero attached hydrogens (tertiary/aromatic N) is 1. The highest BCUT2D eigenvalue weighted by molar-refractivity contribution is 5.79. The Labute approximate surface area is 99.2 Å². The van der Waals surface area contributed by atoms with Gasteiger partial charge in [0.05, 0.1) is 17.8 Å². The minimum absolute atomic E-state index is 0.0341. The first-order valence-electron chi connectivity index (χ1n) is 5.40. The van der Waals surface area contributed by atoms with E-state index in [2.05, 4.69) is 4.98 Å². The van der Waals surface area contributed by atoms with Crippen LogP contribution in [0.3, 0.4) is 0 Å². The maximum absolute atomic E-state index is 12.9. The first-order chi connectivity index (χ1) is 8.19. The summed E-state index contributed by atoms with van der Waals surface area (Å²) in [4.78, 5) is 4.00. The van der Waals surface area contributed by atoms with Gasteiger partial charge in [0.2, 0.25) is 0 Å². The van der Waals surface area contributed by atoms with Crippen LogP contribution in [0.5, 0.6) is 5.75 Å². The predicted octanol–water partition coefficient (Wildman–Crippen LogP) is 2.79. The van der Waals surface area contributed by atoms with E-state index in [0.29, 0.717) is 17.9 Å². The maximum Gasteiger partial charge on any atom is 0.142 e. The maximum atomic E-state index is 12.9. The third-order valence-corrected chi connectivity index (χ3v) is 2.51. The van der Waals surface area contributed by atoms with Gasteiger partial charge in [-0.25, -0.2) is 4.39 Å². The number of fused-ring (bicyclic) bond motifs is 1. The summed E-state index contributed by atoms with van der Waals surface area (Å²) >= 11 is 0. The highest BCUT2D eigenvalue weighted by Gasteiger charge is 2.03. The van der Waals surface area contributed by atoms with Crippen molar-refractivity contribution in [3.8, 4) is 5.75 Å². The van der Waals surface area contributed by atoms with Gasteiger partial charge in [-0.2, -0.15) is 0 Å². The van der Waals surface area contributed by atoms with E-state index in [1.54, 1.807) is 25.3 Å². The highest BCUT2D eigenvalue weighted by Crippen LogP contribution is 2.19. The molecule has 0 bridgehead atoms. The topological polar surface area (TPSA) is 31.4 Å². The van der Waals surface area contributed by atoms with Gasteiger partial charge in [0, 0.05) is 18.6 Å². The number of hydrogen-bond donors (Lipinski definition) is 0. The van der Waals surface area contributed by atoms with E-state index in [1.165, 1.54) is 12.3 Å². The van der Waals surface area contributed by atoms with Gasteiger partial charge >= 0.3 is 0 Å². The Morgan fingerprint density at radius 2 is 2.18 bits per heavy atom. The lowest BCUT2D eigenvalue weighted by atomic mass is 10.2. The van der Waals surface area contributed by atoms with E-state index in [-0.39, 0.29) is 11.9 Å². The molecule has 0 aliphatic carbocycles. The number of benzene rings is 1. The molecule has 0 saturated carbocycles. The minimum Gasteiger partial charge on any atom is -0.491 e. The minimum atomic E-state index is -0.334. The molecule has 1 aromatic carbocycles. The van der Waals surface area contributed by atoms with Crippen molar-refractivity contribution in [1.82, 2.24) is 4.98 Å². The molecule has 0 N–H and O–H groups in total. The van der Waals surface area contributed by atoms with Gasteiger partial charge in [-0.05, 0) is 25.1 Å². The van der Waals surface area contributed by atoms with Crippen LogP contribution in [0.4, 0.5) is 4.39 Å². The molecular formula is C13H14FNO2. The lowest BCUT2D eigenvalue weighted by Gasteiger charge is -2.11. The molecule has 2 rings (SSSR count). The second kappa shape index (κ2) is 5.10. The summed E-state index contributed by atoms with van der Waals surface area (Å²) in [6.45, 7) is 2.40. The van der Waals surface area contributed by atoms with Gasteiger partial charge in [0.1, 0.15) is 18.2 Å². The van der Waals surface area contributed by atoms with E-state index in [0.717, 1.165) is 5.39 Å². The number of aromatic nitrogens is 1. The molecule has 0 spiro atoms. The van der Waals surface area contributed by atoms with Crippen LogP contribution in [0.15, 0.2) is 30.5 Å². The fourth-order valence-corrected chi connectivity index (χ4v) is 1.45. The second-order valence-electron chi connectivity index (χ2n) is 3.87. The van der Waals surface area contributed by atoms with Crippen LogP contribution < -0.4 is 4.74 Å². The molecule has 4 heteroatoms. The number of pyridine rings is 1. The Balaban J connectivity index is 2.17. The molecule has 0 fully saturated rings. The number of hydrogen-bond acceptors (Lipinski definition) is 3. The summed E-state index contributed by atoms with van der Waals surface area (Å²) in [5, 5.41) is 0.761. The lowest BCUT2D eigenvalue weighted by molar-refractivity contribution is 0.0717. The number of ether oxygens (including phenoxy) is 2. The third kappa shape index (κ3) is 2.91. The molecule has 0 aliphatic rings. The first kappa shape index (κ1) is 11.8. The van der Waals surface area contributed by atoms with Crippen LogP contribution >= 0.6 is 0 Å². The summed E-state index contributed by atoms with van der Waals surface area (Å²) in [5.41, 5.74) is 0.717. The van der Waals surface area contributed by atoms with Crippen LogP contribution in [0.2, 0.25) is 0 Å². The summed E-state index contributed by atoms with van der Waals surface area (Å²) < 4.78 is 23.5. The Morgan fingerprint density at radius 3 is 2.94 bits per heavy atom. The molecule has 0 unspecified atom stereocenters. The average molecular weight is 235 g/mol. The summed E-state index contributed by atoms with van der Waals surface area (Å²) in [6, 6.07) is 6.82. The SMILES string of the molecule is CO[C@H](C)COc1ccc2cc(F)cnc2c1. The molecule has 1 aromatic heterocycles. The van der Waals surface area contributed by atoms with Crippen molar-refractivity contribution in [2.45, 2.75) is 13.0 Å². The molecule has 17 heavy (non-hydrogen) atoms. The van der Waals surface area contributed by atoms with Gasteiger partial charge < -0.3 is 9.47 Å². The summed E-state index contributed by atoms with van der Waals surface area (Å²) in [6.07, 6.45) is 1.23. The highest BCUT2D eigenvalue weighted by atomic mass is 19.1. The van der Waals surface area contributed by atoms with Crippen molar-refractivity contribution < 1.29 is 13.9 Å². The van der Waals surface area contributed by atoms with E-state index in [9.17, 15) is 4.39 Å². The van der Waals surface area contributed by atoms with Crippen molar-refractivity contribution >= 4 is 10.9 Å². The van der Waals surface area contributed by atoms with Crippen molar-refractivity contribution in [2.75, 3.05) is 13.7 Å². The van der Waals surface area contributed by atoms with Crippen LogP contribution in [-0.2, 0) is 4.74 Å². The molecule has 2 aromatic rings. The Morgan fingerprint density at radius 1 is 1.35 bits per heavy atom. The molecule has 0 radical (unpaired) electrons. The van der Waals surface area contributed by atoms with E-state index >= 15 is 0 Å². The smallest absolute Gasteiger partial charge is 0.142 e. The average Bonchev–Trinajstić information content (AvgIpc) is 2.35. The zero-order valence-electron chi connectivity index (χ0n) is 9.81. The predicted molar refractivity (Wildman–Crippen MR) is 63.7 cm³/mol. The van der Waals surface area contributed by atoms with Crippen molar-refractivity contribution in [3.05, 3.63) is 36.3 Å². The fourth-order valence-electron chi connectivity index (χ4n) is 1.45. The molecule has 0 aliphatic heterocycles. The van der Waals surface area contributed by atoms with Crippen molar-refractivity contribution in [1.29, 1.82) is 0 Å². The fraction of sp³-hybridized carbons (Fsp3) is 0.308. The van der Waals surface area contributed by atoms with Crippen LogP contribution in [-0.4, -0.2) is 24.8 Å². The van der Waals surface area contributed by atoms with Gasteiger partial charge in [-0.1, -0.05) is 0 Å². The number of rotatable bonds is 4. The third-order valence-electron chi connectivity index (χ3n) is 2.51. The zero-order chi connectivity index (χ0) is 12.3. The number of methoxy groups -OCH3 is 1. The normalized spacial score (nSPS) is 12.6. The van der Waals surface area contributed by atoms with Crippen LogP contribution in [0.25, 0.3) is 10.9 Å². The van der Waals surface area contributed by atoms with Gasteiger partial charge in [0.15, 0.2) is 0 Å². The number of halogens is 1. The zero-order valence-corrected chi connectivity index (χ0v) is 9.81. The van der Waals surface area contributed by atoms with Crippen molar-refractivity contribution in [3.63, 3.8) is 0 Å². The van der Waals surface area contributed by atoms with Gasteiger partial charge in [-0.3, -0.25) is 4.98 Å². The monoisotopic (exact) mass is 235 g/mol. The summed E-state index contributed by atoms with van der Waals surface area (Å²) in [5.74, 6) is 0.375. The quantitative estimate of drug-likeness (QED) is 0.816. The Kier molecular flexibility index (Phi) is 3.54. The molecule has 0 amide bonds. The Bertz CT molecular complexity index is 516. The molecule has 0 saturated heterocycles. The molecule has 3 nitrogen and oxygen atoms in total. The van der Waals surface area contributed by atoms with Crippen molar-refractivity contribution in [2.24, 2.45) is 0 Å². The van der Waals surface area contributed by atoms with Crippen LogP contribution in [0.1, 0.15) is 6.92 Å². The second-order valence-corrected chi connectivity index (χ2v) is 3.87. The van der Waals surface area contributed by atoms with E-state index in [1.807, 2.05) is 6.92 Å². The van der Waals surface area contributed by atoms with E-state index < -0.39 is 0 Å². The molecule has 1 heterocycles. The first-order valence-corrected chi connectivity index (χ1v) is 5.40.